The summed E-state index contributed by atoms with van der Waals surface area (Å²) in [6, 6.07) is 0.393. The van der Waals surface area contributed by atoms with Crippen LogP contribution in [0.5, 0.6) is 0 Å². The van der Waals surface area contributed by atoms with Crippen LogP contribution in [-0.4, -0.2) is 40.9 Å². The van der Waals surface area contributed by atoms with Crippen molar-refractivity contribution in [2.45, 2.75) is 19.4 Å². The summed E-state index contributed by atoms with van der Waals surface area (Å²) >= 11 is 0. The fourth-order valence-corrected chi connectivity index (χ4v) is 2.39. The maximum Gasteiger partial charge on any atom is 0.333 e. The zero-order valence-electron chi connectivity index (χ0n) is 10.3. The molecule has 94 valence electrons. The predicted molar refractivity (Wildman–Crippen MR) is 64.3 cm³/mol. The zero-order valence-corrected chi connectivity index (χ0v) is 10.3. The van der Waals surface area contributed by atoms with E-state index in [1.165, 1.54) is 0 Å². The van der Waals surface area contributed by atoms with Crippen LogP contribution in [-0.2, 0) is 7.05 Å². The molecular weight excluding hydrogens is 222 g/mol. The highest BCUT2D eigenvalue weighted by Crippen LogP contribution is 2.32. The Morgan fingerprint density at radius 1 is 1.59 bits per heavy atom. The van der Waals surface area contributed by atoms with Crippen molar-refractivity contribution in [1.82, 2.24) is 15.1 Å². The molecule has 1 unspecified atom stereocenters. The van der Waals surface area contributed by atoms with Crippen LogP contribution in [0.25, 0.3) is 0 Å². The maximum absolute atomic E-state index is 11.1. The first-order valence-corrected chi connectivity index (χ1v) is 5.64. The topological polar surface area (TPSA) is 76.2 Å². The summed E-state index contributed by atoms with van der Waals surface area (Å²) in [7, 11) is 3.67. The molecule has 17 heavy (non-hydrogen) atoms. The van der Waals surface area contributed by atoms with Crippen LogP contribution in [0, 0.1) is 17.0 Å². The van der Waals surface area contributed by atoms with Crippen LogP contribution in [0.2, 0.25) is 0 Å². The highest BCUT2D eigenvalue weighted by Gasteiger charge is 2.32. The van der Waals surface area contributed by atoms with Gasteiger partial charge in [-0.1, -0.05) is 0 Å². The number of aryl methyl sites for hydroxylation is 2. The molecule has 0 saturated carbocycles. The molecule has 1 atom stereocenters. The van der Waals surface area contributed by atoms with Crippen molar-refractivity contribution in [2.24, 2.45) is 7.05 Å². The van der Waals surface area contributed by atoms with Crippen molar-refractivity contribution in [3.8, 4) is 0 Å². The number of nitrogens with zero attached hydrogens (tertiary/aromatic N) is 4. The van der Waals surface area contributed by atoms with Crippen molar-refractivity contribution in [3.05, 3.63) is 15.8 Å². The Balaban J connectivity index is 2.35. The van der Waals surface area contributed by atoms with E-state index >= 15 is 0 Å². The molecule has 1 N–H and O–H groups in total. The Labute approximate surface area is 99.6 Å². The van der Waals surface area contributed by atoms with Crippen molar-refractivity contribution in [3.63, 3.8) is 0 Å². The van der Waals surface area contributed by atoms with Crippen molar-refractivity contribution in [1.29, 1.82) is 0 Å². The van der Waals surface area contributed by atoms with E-state index in [2.05, 4.69) is 10.4 Å². The van der Waals surface area contributed by atoms with Gasteiger partial charge in [-0.05, 0) is 20.4 Å². The first-order valence-electron chi connectivity index (χ1n) is 5.64. The average molecular weight is 239 g/mol. The van der Waals surface area contributed by atoms with E-state index in [4.69, 9.17) is 0 Å². The SMILES string of the molecule is CNC1CCN(c2c([N+](=O)[O-])c(C)nn2C)C1. The predicted octanol–water partition coefficient (Wildman–Crippen LogP) is 0.435. The first kappa shape index (κ1) is 11.8. The molecule has 0 bridgehead atoms. The number of nitro groups is 1. The van der Waals surface area contributed by atoms with Crippen LogP contribution in [0.1, 0.15) is 12.1 Å². The van der Waals surface area contributed by atoms with Gasteiger partial charge in [-0.25, -0.2) is 4.68 Å². The van der Waals surface area contributed by atoms with Gasteiger partial charge >= 0.3 is 5.69 Å². The van der Waals surface area contributed by atoms with Crippen LogP contribution in [0.15, 0.2) is 0 Å². The van der Waals surface area contributed by atoms with Crippen LogP contribution in [0.4, 0.5) is 11.5 Å². The fraction of sp³-hybridized carbons (Fsp3) is 0.700. The third kappa shape index (κ3) is 1.97. The van der Waals surface area contributed by atoms with Crippen molar-refractivity contribution in [2.75, 3.05) is 25.0 Å². The Bertz CT molecular complexity index is 442. The molecule has 2 heterocycles. The Morgan fingerprint density at radius 3 is 2.82 bits per heavy atom. The van der Waals surface area contributed by atoms with E-state index in [1.807, 2.05) is 11.9 Å². The van der Waals surface area contributed by atoms with Crippen LogP contribution >= 0.6 is 0 Å². The van der Waals surface area contributed by atoms with Gasteiger partial charge in [0, 0.05) is 26.2 Å². The minimum Gasteiger partial charge on any atom is -0.349 e. The minimum absolute atomic E-state index is 0.129. The molecule has 1 aliphatic rings. The largest absolute Gasteiger partial charge is 0.349 e. The van der Waals surface area contributed by atoms with E-state index in [0.29, 0.717) is 17.6 Å². The summed E-state index contributed by atoms with van der Waals surface area (Å²) in [6.45, 7) is 3.29. The molecule has 1 saturated heterocycles. The molecule has 0 aromatic carbocycles. The Hall–Kier alpha value is -1.63. The van der Waals surface area contributed by atoms with Gasteiger partial charge in [-0.15, -0.1) is 0 Å². The lowest BCUT2D eigenvalue weighted by atomic mass is 10.3. The van der Waals surface area contributed by atoms with Crippen molar-refractivity contribution < 1.29 is 4.92 Å². The molecule has 1 fully saturated rings. The van der Waals surface area contributed by atoms with E-state index < -0.39 is 0 Å². The summed E-state index contributed by atoms with van der Waals surface area (Å²) in [5.74, 6) is 0.616. The summed E-state index contributed by atoms with van der Waals surface area (Å²) in [4.78, 5) is 12.8. The quantitative estimate of drug-likeness (QED) is 0.611. The maximum atomic E-state index is 11.1. The van der Waals surface area contributed by atoms with Gasteiger partial charge in [0.1, 0.15) is 5.69 Å². The van der Waals surface area contributed by atoms with Gasteiger partial charge in [0.15, 0.2) is 0 Å². The zero-order chi connectivity index (χ0) is 12.6. The van der Waals surface area contributed by atoms with Gasteiger partial charge in [0.25, 0.3) is 0 Å². The number of aromatic nitrogens is 2. The number of hydrogen-bond acceptors (Lipinski definition) is 5. The monoisotopic (exact) mass is 239 g/mol. The number of nitrogens with one attached hydrogen (secondary N) is 1. The third-order valence-corrected chi connectivity index (χ3v) is 3.24. The van der Waals surface area contributed by atoms with E-state index in [1.54, 1.807) is 18.7 Å². The van der Waals surface area contributed by atoms with Gasteiger partial charge in [0.2, 0.25) is 5.82 Å². The third-order valence-electron chi connectivity index (χ3n) is 3.24. The molecule has 1 aromatic heterocycles. The fourth-order valence-electron chi connectivity index (χ4n) is 2.39. The van der Waals surface area contributed by atoms with Crippen LogP contribution < -0.4 is 10.2 Å². The average Bonchev–Trinajstić information content (AvgIpc) is 2.81. The molecule has 1 aliphatic heterocycles. The number of likely N-dealkylation sites (N-methyl/N-ethyl adjacent to an activating group) is 1. The highest BCUT2D eigenvalue weighted by atomic mass is 16.6. The molecule has 1 aromatic rings. The lowest BCUT2D eigenvalue weighted by Crippen LogP contribution is -2.30. The molecule has 7 nitrogen and oxygen atoms in total. The number of anilines is 1. The van der Waals surface area contributed by atoms with Gasteiger partial charge in [-0.3, -0.25) is 10.1 Å². The molecule has 0 aliphatic carbocycles. The minimum atomic E-state index is -0.343. The summed E-state index contributed by atoms with van der Waals surface area (Å²) in [5, 5.41) is 18.4. The Kier molecular flexibility index (Phi) is 3.01. The van der Waals surface area contributed by atoms with E-state index in [0.717, 1.165) is 19.5 Å². The smallest absolute Gasteiger partial charge is 0.333 e. The number of hydrogen-bond donors (Lipinski definition) is 1. The molecule has 7 heteroatoms. The van der Waals surface area contributed by atoms with Crippen LogP contribution in [0.3, 0.4) is 0 Å². The second-order valence-electron chi connectivity index (χ2n) is 4.36. The molecular formula is C10H17N5O2. The number of rotatable bonds is 3. The first-order chi connectivity index (χ1) is 8.04. The van der Waals surface area contributed by atoms with Gasteiger partial charge in [0.05, 0.1) is 4.92 Å². The Morgan fingerprint density at radius 2 is 2.29 bits per heavy atom. The molecule has 0 spiro atoms. The van der Waals surface area contributed by atoms with Crippen molar-refractivity contribution >= 4 is 11.5 Å². The normalized spacial score (nSPS) is 19.9. The lowest BCUT2D eigenvalue weighted by molar-refractivity contribution is -0.384. The molecule has 2 rings (SSSR count). The summed E-state index contributed by atoms with van der Waals surface area (Å²) in [6.07, 6.45) is 0.998. The van der Waals surface area contributed by atoms with Gasteiger partial charge < -0.3 is 10.2 Å². The lowest BCUT2D eigenvalue weighted by Gasteiger charge is -2.17. The second-order valence-corrected chi connectivity index (χ2v) is 4.36. The van der Waals surface area contributed by atoms with E-state index in [9.17, 15) is 10.1 Å². The second kappa shape index (κ2) is 4.33. The molecule has 0 amide bonds. The highest BCUT2D eigenvalue weighted by molar-refractivity contribution is 5.61. The summed E-state index contributed by atoms with van der Waals surface area (Å²) < 4.78 is 1.60. The summed E-state index contributed by atoms with van der Waals surface area (Å²) in [5.41, 5.74) is 0.602. The van der Waals surface area contributed by atoms with E-state index in [-0.39, 0.29) is 10.6 Å². The van der Waals surface area contributed by atoms with Gasteiger partial charge in [-0.2, -0.15) is 5.10 Å². The molecule has 0 radical (unpaired) electrons. The standard InChI is InChI=1S/C10H17N5O2/c1-7-9(15(16)17)10(13(3)12-7)14-5-4-8(6-14)11-2/h8,11H,4-6H2,1-3H3.